The molecule has 1 rings (SSSR count). The molecule has 1 aliphatic rings. The smallest absolute Gasteiger partial charge is 0.249 e. The fourth-order valence-electron chi connectivity index (χ4n) is 11.3. The lowest BCUT2D eigenvalue weighted by molar-refractivity contribution is -0.302. The van der Waals surface area contributed by atoms with E-state index in [2.05, 4.69) is 19.2 Å². The van der Waals surface area contributed by atoms with Crippen LogP contribution in [0.2, 0.25) is 0 Å². The van der Waals surface area contributed by atoms with Crippen molar-refractivity contribution < 1.29 is 44.9 Å². The Morgan fingerprint density at radius 3 is 1.05 bits per heavy atom. The van der Waals surface area contributed by atoms with Gasteiger partial charge in [0.2, 0.25) is 5.91 Å². The summed E-state index contributed by atoms with van der Waals surface area (Å²) in [5, 5.41) is 65.1. The highest BCUT2D eigenvalue weighted by atomic mass is 16.7. The van der Waals surface area contributed by atoms with Crippen LogP contribution in [0, 0.1) is 0 Å². The average molecular weight is 1090 g/mol. The predicted octanol–water partition coefficient (Wildman–Crippen LogP) is 16.9. The first-order valence-electron chi connectivity index (χ1n) is 34.0. The van der Waals surface area contributed by atoms with Crippen LogP contribution in [0.3, 0.4) is 0 Å². The lowest BCUT2D eigenvalue weighted by atomic mass is 9.99. The summed E-state index contributed by atoms with van der Waals surface area (Å²) in [6.45, 7) is 3.66. The number of amides is 1. The van der Waals surface area contributed by atoms with Crippen LogP contribution in [0.5, 0.6) is 0 Å². The number of unbranched alkanes of at least 4 members (excludes halogenated alkanes) is 49. The third-order valence-electron chi connectivity index (χ3n) is 16.7. The van der Waals surface area contributed by atoms with E-state index in [1.165, 1.54) is 283 Å². The molecule has 10 heteroatoms. The minimum absolute atomic E-state index is 0.301. The van der Waals surface area contributed by atoms with Crippen LogP contribution in [0.4, 0.5) is 0 Å². The van der Waals surface area contributed by atoms with Crippen molar-refractivity contribution in [2.75, 3.05) is 13.2 Å². The maximum atomic E-state index is 13.2. The summed E-state index contributed by atoms with van der Waals surface area (Å²) in [4.78, 5) is 13.2. The normalized spacial score (nSPS) is 19.1. The van der Waals surface area contributed by atoms with Crippen molar-refractivity contribution in [3.63, 3.8) is 0 Å². The Morgan fingerprint density at radius 2 is 0.740 bits per heavy atom. The van der Waals surface area contributed by atoms with E-state index in [0.29, 0.717) is 6.42 Å². The number of aliphatic hydroxyl groups excluding tert-OH is 6. The van der Waals surface area contributed by atoms with Gasteiger partial charge in [0.1, 0.15) is 30.5 Å². The van der Waals surface area contributed by atoms with Gasteiger partial charge in [0.25, 0.3) is 0 Å². The third kappa shape index (κ3) is 45.1. The summed E-state index contributed by atoms with van der Waals surface area (Å²) >= 11 is 0. The van der Waals surface area contributed by atoms with Crippen LogP contribution < -0.4 is 5.32 Å². The van der Waals surface area contributed by atoms with Gasteiger partial charge in [0.05, 0.1) is 25.4 Å². The third-order valence-corrected chi connectivity index (χ3v) is 16.7. The monoisotopic (exact) mass is 1090 g/mol. The molecule has 1 saturated heterocycles. The molecule has 0 aromatic carbocycles. The second-order valence-electron chi connectivity index (χ2n) is 24.1. The van der Waals surface area contributed by atoms with E-state index < -0.39 is 61.5 Å². The van der Waals surface area contributed by atoms with Gasteiger partial charge in [-0.2, -0.15) is 0 Å². The molecule has 0 spiro atoms. The Bertz CT molecular complexity index is 1240. The van der Waals surface area contributed by atoms with Crippen molar-refractivity contribution in [1.82, 2.24) is 5.32 Å². The molecule has 0 aliphatic carbocycles. The lowest BCUT2D eigenvalue weighted by Gasteiger charge is -2.40. The van der Waals surface area contributed by atoms with Gasteiger partial charge in [0.15, 0.2) is 6.29 Å². The molecule has 0 radical (unpaired) electrons. The molecule has 77 heavy (non-hydrogen) atoms. The number of carbonyl (C=O) groups excluding carboxylic acids is 1. The maximum Gasteiger partial charge on any atom is 0.249 e. The average Bonchev–Trinajstić information content (AvgIpc) is 3.44. The lowest BCUT2D eigenvalue weighted by Crippen LogP contribution is -2.60. The van der Waals surface area contributed by atoms with E-state index >= 15 is 0 Å². The Balaban J connectivity index is 2.05. The van der Waals surface area contributed by atoms with Crippen molar-refractivity contribution in [3.05, 3.63) is 12.2 Å². The number of hydrogen-bond donors (Lipinski definition) is 7. The summed E-state index contributed by atoms with van der Waals surface area (Å²) in [7, 11) is 0. The first kappa shape index (κ1) is 73.9. The number of ether oxygens (including phenoxy) is 2. The maximum absolute atomic E-state index is 13.2. The molecule has 1 fully saturated rings. The molecule has 8 atom stereocenters. The van der Waals surface area contributed by atoms with Crippen molar-refractivity contribution >= 4 is 5.91 Å². The van der Waals surface area contributed by atoms with Crippen LogP contribution in [0.15, 0.2) is 12.2 Å². The van der Waals surface area contributed by atoms with Gasteiger partial charge in [-0.05, 0) is 19.3 Å². The molecule has 1 heterocycles. The van der Waals surface area contributed by atoms with Gasteiger partial charge < -0.3 is 45.4 Å². The summed E-state index contributed by atoms with van der Waals surface area (Å²) < 4.78 is 11.2. The summed E-state index contributed by atoms with van der Waals surface area (Å²) in [6, 6.07) is -0.976. The largest absolute Gasteiger partial charge is 0.394 e. The van der Waals surface area contributed by atoms with Crippen LogP contribution >= 0.6 is 0 Å². The molecule has 458 valence electrons. The molecule has 0 aromatic rings. The molecule has 0 aromatic heterocycles. The second kappa shape index (κ2) is 56.7. The Hall–Kier alpha value is -1.11. The van der Waals surface area contributed by atoms with Gasteiger partial charge in [-0.25, -0.2) is 0 Å². The van der Waals surface area contributed by atoms with Crippen molar-refractivity contribution in [2.45, 2.75) is 397 Å². The standard InChI is InChI=1S/C67H131NO9/c1-3-5-7-9-11-13-15-17-19-20-21-22-23-24-25-26-27-28-29-30-31-32-33-34-35-36-37-38-39-40-41-42-44-46-48-50-52-54-56-61(71)66(75)68-59(58-76-67-65(74)64(73)63(72)62(57-69)77-67)60(70)55-53-51-49-47-45-43-18-16-14-12-10-8-6-4-2/h53,55,59-65,67,69-74H,3-52,54,56-58H2,1-2H3,(H,68,75)/b55-53+. The molecule has 8 unspecified atom stereocenters. The number of hydrogen-bond acceptors (Lipinski definition) is 9. The zero-order valence-corrected chi connectivity index (χ0v) is 50.9. The van der Waals surface area contributed by atoms with Crippen molar-refractivity contribution in [1.29, 1.82) is 0 Å². The van der Waals surface area contributed by atoms with E-state index in [9.17, 15) is 35.4 Å². The quantitative estimate of drug-likeness (QED) is 0.0232. The first-order valence-corrected chi connectivity index (χ1v) is 34.0. The number of carbonyl (C=O) groups is 1. The SMILES string of the molecule is CCCCCCCCCCCCCC/C=C/C(O)C(COC1OC(CO)C(O)C(O)C1O)NC(=O)C(O)CCCCCCCCCCCCCCCCCCCCCCCCCCCCCCCCCCCCCCCC. The minimum Gasteiger partial charge on any atom is -0.394 e. The highest BCUT2D eigenvalue weighted by Crippen LogP contribution is 2.24. The van der Waals surface area contributed by atoms with Gasteiger partial charge in [-0.15, -0.1) is 0 Å². The number of nitrogens with one attached hydrogen (secondary N) is 1. The Labute approximate surface area is 476 Å². The zero-order valence-electron chi connectivity index (χ0n) is 50.9. The number of aliphatic hydroxyl groups is 6. The molecular formula is C67H131NO9. The number of allylic oxidation sites excluding steroid dienone is 1. The number of rotatable bonds is 60. The second-order valence-corrected chi connectivity index (χ2v) is 24.1. The molecule has 0 saturated carbocycles. The molecule has 10 nitrogen and oxygen atoms in total. The van der Waals surface area contributed by atoms with Crippen molar-refractivity contribution in [2.24, 2.45) is 0 Å². The van der Waals surface area contributed by atoms with Gasteiger partial charge in [-0.1, -0.05) is 341 Å². The topological polar surface area (TPSA) is 169 Å². The van der Waals surface area contributed by atoms with Crippen molar-refractivity contribution in [3.8, 4) is 0 Å². The molecular weight excluding hydrogens is 963 g/mol. The Kier molecular flexibility index (Phi) is 54.5. The fourth-order valence-corrected chi connectivity index (χ4v) is 11.3. The fraction of sp³-hybridized carbons (Fsp3) is 0.955. The molecule has 0 bridgehead atoms. The van der Waals surface area contributed by atoms with Crippen LogP contribution in [0.1, 0.15) is 348 Å². The minimum atomic E-state index is -1.61. The summed E-state index contributed by atoms with van der Waals surface area (Å²) in [5.41, 5.74) is 0. The Morgan fingerprint density at radius 1 is 0.442 bits per heavy atom. The van der Waals surface area contributed by atoms with Crippen LogP contribution in [-0.2, 0) is 14.3 Å². The summed E-state index contributed by atoms with van der Waals surface area (Å²) in [6.07, 6.45) is 62.3. The highest BCUT2D eigenvalue weighted by molar-refractivity contribution is 5.80. The van der Waals surface area contributed by atoms with E-state index in [-0.39, 0.29) is 6.61 Å². The summed E-state index contributed by atoms with van der Waals surface area (Å²) in [5.74, 6) is -0.609. The van der Waals surface area contributed by atoms with E-state index in [1.807, 2.05) is 6.08 Å². The highest BCUT2D eigenvalue weighted by Gasteiger charge is 2.44. The van der Waals surface area contributed by atoms with E-state index in [4.69, 9.17) is 9.47 Å². The van der Waals surface area contributed by atoms with Crippen LogP contribution in [0.25, 0.3) is 0 Å². The van der Waals surface area contributed by atoms with Gasteiger partial charge in [-0.3, -0.25) is 4.79 Å². The van der Waals surface area contributed by atoms with Crippen LogP contribution in [-0.4, -0.2) is 98.7 Å². The first-order chi connectivity index (χ1) is 37.8. The van der Waals surface area contributed by atoms with E-state index in [1.54, 1.807) is 6.08 Å². The zero-order chi connectivity index (χ0) is 55.9. The molecule has 1 aliphatic heterocycles. The van der Waals surface area contributed by atoms with E-state index in [0.717, 1.165) is 44.9 Å². The van der Waals surface area contributed by atoms with Gasteiger partial charge >= 0.3 is 0 Å². The van der Waals surface area contributed by atoms with Gasteiger partial charge in [0, 0.05) is 0 Å². The molecule has 1 amide bonds. The molecule has 7 N–H and O–H groups in total. The predicted molar refractivity (Wildman–Crippen MR) is 324 cm³/mol.